The maximum Gasteiger partial charge on any atom is 0.243 e. The van der Waals surface area contributed by atoms with Gasteiger partial charge < -0.3 is 15.4 Å². The number of carbonyl (C=O) groups excluding carboxylic acids is 1. The van der Waals surface area contributed by atoms with Crippen LogP contribution in [0.2, 0.25) is 0 Å². The van der Waals surface area contributed by atoms with E-state index in [1.807, 2.05) is 4.90 Å². The molecule has 0 radical (unpaired) electrons. The first-order valence-corrected chi connectivity index (χ1v) is 7.40. The van der Waals surface area contributed by atoms with Crippen molar-refractivity contribution in [1.29, 1.82) is 0 Å². The Labute approximate surface area is 115 Å². The number of rotatable bonds is 1. The Bertz CT molecular complexity index is 418. The van der Waals surface area contributed by atoms with Crippen LogP contribution in [0.3, 0.4) is 0 Å². The van der Waals surface area contributed by atoms with Crippen LogP contribution in [-0.4, -0.2) is 42.1 Å². The minimum Gasteiger partial charge on any atom is -0.377 e. The van der Waals surface area contributed by atoms with Crippen molar-refractivity contribution in [2.24, 2.45) is 22.5 Å². The topological polar surface area (TPSA) is 55.6 Å². The van der Waals surface area contributed by atoms with Crippen molar-refractivity contribution in [3.63, 3.8) is 0 Å². The number of amides is 1. The highest BCUT2D eigenvalue weighted by molar-refractivity contribution is 5.90. The number of hydrogen-bond donors (Lipinski definition) is 1. The van der Waals surface area contributed by atoms with Crippen molar-refractivity contribution < 1.29 is 9.53 Å². The van der Waals surface area contributed by atoms with E-state index in [0.717, 1.165) is 32.5 Å². The average molecular weight is 266 g/mol. The third kappa shape index (κ3) is 1.56. The maximum atomic E-state index is 12.9. The average Bonchev–Trinajstić information content (AvgIpc) is 2.92. The van der Waals surface area contributed by atoms with Crippen molar-refractivity contribution in [3.05, 3.63) is 0 Å². The van der Waals surface area contributed by atoms with Gasteiger partial charge in [0.05, 0.1) is 6.10 Å². The van der Waals surface area contributed by atoms with Gasteiger partial charge in [-0.2, -0.15) is 0 Å². The van der Waals surface area contributed by atoms with Gasteiger partial charge >= 0.3 is 0 Å². The molecule has 2 heterocycles. The van der Waals surface area contributed by atoms with Gasteiger partial charge in [-0.3, -0.25) is 4.79 Å². The SMILES string of the molecule is CC1(C)CCN(C(=O)C2(N)C3CCOC3C2(C)C)C1. The molecule has 3 atom stereocenters. The first-order chi connectivity index (χ1) is 8.70. The molecule has 19 heavy (non-hydrogen) atoms. The Morgan fingerprint density at radius 3 is 2.58 bits per heavy atom. The molecule has 0 aromatic heterocycles. The molecule has 4 heteroatoms. The predicted octanol–water partition coefficient (Wildman–Crippen LogP) is 1.39. The Morgan fingerprint density at radius 1 is 1.32 bits per heavy atom. The fraction of sp³-hybridized carbons (Fsp3) is 0.933. The van der Waals surface area contributed by atoms with E-state index in [9.17, 15) is 4.79 Å². The van der Waals surface area contributed by atoms with Crippen LogP contribution < -0.4 is 5.73 Å². The molecule has 0 bridgehead atoms. The molecule has 0 aromatic carbocycles. The Hall–Kier alpha value is -0.610. The number of ether oxygens (including phenoxy) is 1. The van der Waals surface area contributed by atoms with Gasteiger partial charge in [0, 0.05) is 31.0 Å². The largest absolute Gasteiger partial charge is 0.377 e. The molecule has 3 fully saturated rings. The number of nitrogens with zero attached hydrogens (tertiary/aromatic N) is 1. The normalized spacial score (nSPS) is 42.9. The molecule has 1 amide bonds. The summed E-state index contributed by atoms with van der Waals surface area (Å²) < 4.78 is 5.77. The molecule has 2 aliphatic heterocycles. The minimum absolute atomic E-state index is 0.148. The molecule has 3 unspecified atom stereocenters. The van der Waals surface area contributed by atoms with Crippen LogP contribution in [0, 0.1) is 16.7 Å². The molecule has 0 spiro atoms. The number of hydrogen-bond acceptors (Lipinski definition) is 3. The van der Waals surface area contributed by atoms with Gasteiger partial charge in [0.1, 0.15) is 5.54 Å². The van der Waals surface area contributed by atoms with Crippen LogP contribution in [0.4, 0.5) is 0 Å². The van der Waals surface area contributed by atoms with E-state index < -0.39 is 5.54 Å². The highest BCUT2D eigenvalue weighted by atomic mass is 16.5. The molecule has 3 aliphatic rings. The second-order valence-electron chi connectivity index (χ2n) is 7.92. The van der Waals surface area contributed by atoms with E-state index in [1.54, 1.807) is 0 Å². The van der Waals surface area contributed by atoms with E-state index in [0.29, 0.717) is 0 Å². The van der Waals surface area contributed by atoms with E-state index >= 15 is 0 Å². The first-order valence-electron chi connectivity index (χ1n) is 7.40. The zero-order chi connectivity index (χ0) is 14.1. The summed E-state index contributed by atoms with van der Waals surface area (Å²) in [5, 5.41) is 0. The van der Waals surface area contributed by atoms with Crippen LogP contribution in [0.1, 0.15) is 40.5 Å². The quantitative estimate of drug-likeness (QED) is 0.780. The fourth-order valence-corrected chi connectivity index (χ4v) is 4.37. The molecule has 108 valence electrons. The molecular formula is C15H26N2O2. The van der Waals surface area contributed by atoms with Gasteiger partial charge in [-0.15, -0.1) is 0 Å². The number of nitrogens with two attached hydrogens (primary N) is 1. The summed E-state index contributed by atoms with van der Waals surface area (Å²) in [6.07, 6.45) is 2.16. The van der Waals surface area contributed by atoms with Crippen LogP contribution in [0.15, 0.2) is 0 Å². The van der Waals surface area contributed by atoms with Crippen LogP contribution in [0.5, 0.6) is 0 Å². The second-order valence-corrected chi connectivity index (χ2v) is 7.92. The smallest absolute Gasteiger partial charge is 0.243 e. The molecule has 2 saturated heterocycles. The third-order valence-electron chi connectivity index (χ3n) is 5.77. The van der Waals surface area contributed by atoms with Crippen molar-refractivity contribution in [3.8, 4) is 0 Å². The van der Waals surface area contributed by atoms with Gasteiger partial charge in [0.15, 0.2) is 0 Å². The predicted molar refractivity (Wildman–Crippen MR) is 73.5 cm³/mol. The zero-order valence-electron chi connectivity index (χ0n) is 12.5. The Balaban J connectivity index is 1.83. The van der Waals surface area contributed by atoms with Crippen molar-refractivity contribution >= 4 is 5.91 Å². The maximum absolute atomic E-state index is 12.9. The van der Waals surface area contributed by atoms with Crippen molar-refractivity contribution in [2.45, 2.75) is 52.2 Å². The van der Waals surface area contributed by atoms with E-state index in [1.165, 1.54) is 0 Å². The summed E-state index contributed by atoms with van der Waals surface area (Å²) in [4.78, 5) is 14.9. The van der Waals surface area contributed by atoms with Crippen LogP contribution in [-0.2, 0) is 9.53 Å². The monoisotopic (exact) mass is 266 g/mol. The van der Waals surface area contributed by atoms with E-state index in [-0.39, 0.29) is 28.8 Å². The molecule has 1 saturated carbocycles. The molecule has 3 rings (SSSR count). The number of likely N-dealkylation sites (tertiary alicyclic amines) is 1. The number of fused-ring (bicyclic) bond motifs is 1. The zero-order valence-corrected chi connectivity index (χ0v) is 12.5. The Kier molecular flexibility index (Phi) is 2.63. The molecule has 4 nitrogen and oxygen atoms in total. The van der Waals surface area contributed by atoms with Gasteiger partial charge in [-0.1, -0.05) is 27.7 Å². The van der Waals surface area contributed by atoms with Gasteiger partial charge in [-0.25, -0.2) is 0 Å². The van der Waals surface area contributed by atoms with Crippen molar-refractivity contribution in [2.75, 3.05) is 19.7 Å². The van der Waals surface area contributed by atoms with Crippen LogP contribution in [0.25, 0.3) is 0 Å². The lowest BCUT2D eigenvalue weighted by Gasteiger charge is -2.61. The highest BCUT2D eigenvalue weighted by Crippen LogP contribution is 2.59. The lowest BCUT2D eigenvalue weighted by atomic mass is 9.47. The first kappa shape index (κ1) is 13.4. The fourth-order valence-electron chi connectivity index (χ4n) is 4.37. The molecule has 2 N–H and O–H groups in total. The summed E-state index contributed by atoms with van der Waals surface area (Å²) in [7, 11) is 0. The summed E-state index contributed by atoms with van der Waals surface area (Å²) in [5.74, 6) is 0.355. The van der Waals surface area contributed by atoms with Gasteiger partial charge in [0.2, 0.25) is 5.91 Å². The van der Waals surface area contributed by atoms with E-state index in [4.69, 9.17) is 10.5 Å². The lowest BCUT2D eigenvalue weighted by molar-refractivity contribution is -0.183. The Morgan fingerprint density at radius 2 is 2.00 bits per heavy atom. The van der Waals surface area contributed by atoms with Crippen LogP contribution >= 0.6 is 0 Å². The summed E-state index contributed by atoms with van der Waals surface area (Å²) >= 11 is 0. The number of carbonyl (C=O) groups is 1. The standard InChI is InChI=1S/C15H26N2O2/c1-13(2)6-7-17(9-13)12(18)15(16)10-5-8-19-11(10)14(15,3)4/h10-11H,5-9,16H2,1-4H3. The molecular weight excluding hydrogens is 240 g/mol. The lowest BCUT2D eigenvalue weighted by Crippen LogP contribution is -2.80. The highest BCUT2D eigenvalue weighted by Gasteiger charge is 2.72. The minimum atomic E-state index is -0.728. The van der Waals surface area contributed by atoms with Gasteiger partial charge in [-0.05, 0) is 18.3 Å². The molecule has 0 aromatic rings. The second kappa shape index (κ2) is 3.73. The summed E-state index contributed by atoms with van der Waals surface area (Å²) in [5.41, 5.74) is 5.85. The van der Waals surface area contributed by atoms with Crippen molar-refractivity contribution in [1.82, 2.24) is 4.90 Å². The van der Waals surface area contributed by atoms with E-state index in [2.05, 4.69) is 27.7 Å². The summed E-state index contributed by atoms with van der Waals surface area (Å²) in [6.45, 7) is 11.0. The van der Waals surface area contributed by atoms with Gasteiger partial charge in [0.25, 0.3) is 0 Å². The summed E-state index contributed by atoms with van der Waals surface area (Å²) in [6, 6.07) is 0. The third-order valence-corrected chi connectivity index (χ3v) is 5.77. The molecule has 1 aliphatic carbocycles.